The molecule has 0 spiro atoms. The first kappa shape index (κ1) is 14.1. The fraction of sp³-hybridized carbons (Fsp3) is 0.417. The smallest absolute Gasteiger partial charge is 0.178 e. The van der Waals surface area contributed by atoms with Crippen molar-refractivity contribution in [2.24, 2.45) is 0 Å². The number of hydrogen-bond donors (Lipinski definition) is 2. The van der Waals surface area contributed by atoms with E-state index in [2.05, 4.69) is 0 Å². The maximum absolute atomic E-state index is 11.9. The monoisotopic (exact) mass is 257 g/mol. The lowest BCUT2D eigenvalue weighted by atomic mass is 10.1. The van der Waals surface area contributed by atoms with Crippen molar-refractivity contribution >= 4 is 17.4 Å². The van der Waals surface area contributed by atoms with Crippen LogP contribution in [0.5, 0.6) is 0 Å². The summed E-state index contributed by atoms with van der Waals surface area (Å²) >= 11 is 5.92. The Labute approximate surface area is 105 Å². The van der Waals surface area contributed by atoms with Crippen molar-refractivity contribution in [3.63, 3.8) is 0 Å². The number of Topliss-reactive ketones (excluding diaryl/α,β-unsaturated/α-hetero) is 1. The molecule has 0 aliphatic heterocycles. The van der Waals surface area contributed by atoms with E-state index < -0.39 is 0 Å². The van der Waals surface area contributed by atoms with Crippen LogP contribution in [-0.2, 0) is 0 Å². The highest BCUT2D eigenvalue weighted by atomic mass is 35.5. The Morgan fingerprint density at radius 2 is 1.76 bits per heavy atom. The van der Waals surface area contributed by atoms with Crippen LogP contribution in [0.15, 0.2) is 24.3 Å². The van der Waals surface area contributed by atoms with Crippen molar-refractivity contribution in [1.29, 1.82) is 0 Å². The van der Waals surface area contributed by atoms with Crippen molar-refractivity contribution in [1.82, 2.24) is 4.90 Å². The van der Waals surface area contributed by atoms with E-state index in [1.807, 2.05) is 0 Å². The van der Waals surface area contributed by atoms with Crippen LogP contribution in [0.1, 0.15) is 10.4 Å². The first-order valence-corrected chi connectivity index (χ1v) is 5.78. The second-order valence-corrected chi connectivity index (χ2v) is 4.03. The number of nitrogens with zero attached hydrogens (tertiary/aromatic N) is 1. The minimum absolute atomic E-state index is 0.0458. The van der Waals surface area contributed by atoms with E-state index in [1.165, 1.54) is 0 Å². The third-order valence-electron chi connectivity index (χ3n) is 2.37. The quantitative estimate of drug-likeness (QED) is 0.710. The van der Waals surface area contributed by atoms with Crippen LogP contribution in [0, 0.1) is 0 Å². The van der Waals surface area contributed by atoms with Crippen molar-refractivity contribution < 1.29 is 15.0 Å². The summed E-state index contributed by atoms with van der Waals surface area (Å²) in [5, 5.41) is 18.1. The number of carbonyl (C=O) groups excluding carboxylic acids is 1. The summed E-state index contributed by atoms with van der Waals surface area (Å²) in [6.07, 6.45) is 0. The molecule has 0 atom stereocenters. The number of hydrogen-bond acceptors (Lipinski definition) is 4. The summed E-state index contributed by atoms with van der Waals surface area (Å²) in [6, 6.07) is 6.85. The molecule has 0 fully saturated rings. The van der Waals surface area contributed by atoms with Gasteiger partial charge in [-0.3, -0.25) is 9.69 Å². The Balaban J connectivity index is 2.67. The van der Waals surface area contributed by atoms with Crippen LogP contribution in [-0.4, -0.2) is 53.7 Å². The van der Waals surface area contributed by atoms with Crippen LogP contribution in [0.3, 0.4) is 0 Å². The summed E-state index contributed by atoms with van der Waals surface area (Å²) < 4.78 is 0. The van der Waals surface area contributed by atoms with Gasteiger partial charge >= 0.3 is 0 Å². The van der Waals surface area contributed by atoms with E-state index in [1.54, 1.807) is 29.2 Å². The molecule has 0 aromatic heterocycles. The average Bonchev–Trinajstić information content (AvgIpc) is 2.30. The van der Waals surface area contributed by atoms with E-state index in [0.717, 1.165) is 0 Å². The molecular formula is C12H16ClNO3. The first-order chi connectivity index (χ1) is 8.19. The fourth-order valence-electron chi connectivity index (χ4n) is 1.53. The van der Waals surface area contributed by atoms with Gasteiger partial charge in [-0.25, -0.2) is 0 Å². The van der Waals surface area contributed by atoms with Gasteiger partial charge in [0.2, 0.25) is 0 Å². The molecule has 0 bridgehead atoms. The molecule has 1 aromatic carbocycles. The second kappa shape index (κ2) is 7.40. The van der Waals surface area contributed by atoms with Gasteiger partial charge in [0.25, 0.3) is 0 Å². The number of ketones is 1. The number of rotatable bonds is 7. The molecule has 0 saturated heterocycles. The summed E-state index contributed by atoms with van der Waals surface area (Å²) in [4.78, 5) is 13.6. The molecule has 2 N–H and O–H groups in total. The zero-order valence-corrected chi connectivity index (χ0v) is 10.2. The van der Waals surface area contributed by atoms with Crippen LogP contribution >= 0.6 is 11.6 Å². The van der Waals surface area contributed by atoms with Crippen molar-refractivity contribution in [2.75, 3.05) is 32.8 Å². The normalized spacial score (nSPS) is 10.8. The number of aliphatic hydroxyl groups is 2. The Hall–Kier alpha value is -0.940. The summed E-state index contributed by atoms with van der Waals surface area (Å²) in [7, 11) is 0. The van der Waals surface area contributed by atoms with Gasteiger partial charge < -0.3 is 10.2 Å². The minimum Gasteiger partial charge on any atom is -0.395 e. The molecular weight excluding hydrogens is 242 g/mol. The van der Waals surface area contributed by atoms with E-state index >= 15 is 0 Å². The van der Waals surface area contributed by atoms with Gasteiger partial charge in [0.15, 0.2) is 5.78 Å². The zero-order valence-electron chi connectivity index (χ0n) is 9.47. The third-order valence-corrected chi connectivity index (χ3v) is 2.70. The van der Waals surface area contributed by atoms with E-state index in [-0.39, 0.29) is 25.5 Å². The van der Waals surface area contributed by atoms with Gasteiger partial charge in [0.1, 0.15) is 0 Å². The van der Waals surface area contributed by atoms with Gasteiger partial charge in [-0.15, -0.1) is 0 Å². The molecule has 0 radical (unpaired) electrons. The van der Waals surface area contributed by atoms with E-state index in [0.29, 0.717) is 23.7 Å². The number of benzene rings is 1. The number of aliphatic hydroxyl groups excluding tert-OH is 2. The van der Waals surface area contributed by atoms with E-state index in [4.69, 9.17) is 21.8 Å². The van der Waals surface area contributed by atoms with Crippen molar-refractivity contribution in [3.8, 4) is 0 Å². The molecule has 1 aromatic rings. The minimum atomic E-state index is -0.113. The second-order valence-electron chi connectivity index (χ2n) is 3.63. The van der Waals surface area contributed by atoms with Crippen LogP contribution in [0.4, 0.5) is 0 Å². The third kappa shape index (κ3) is 4.44. The molecule has 0 heterocycles. The molecule has 17 heavy (non-hydrogen) atoms. The lowest BCUT2D eigenvalue weighted by Gasteiger charge is -2.19. The largest absolute Gasteiger partial charge is 0.395 e. The molecule has 0 unspecified atom stereocenters. The summed E-state index contributed by atoms with van der Waals surface area (Å²) in [6.45, 7) is 0.768. The summed E-state index contributed by atoms with van der Waals surface area (Å²) in [5.74, 6) is -0.113. The Morgan fingerprint density at radius 1 is 1.18 bits per heavy atom. The number of carbonyl (C=O) groups is 1. The molecule has 0 aliphatic rings. The predicted molar refractivity (Wildman–Crippen MR) is 66.4 cm³/mol. The lowest BCUT2D eigenvalue weighted by Crippen LogP contribution is -2.34. The van der Waals surface area contributed by atoms with Gasteiger partial charge in [0, 0.05) is 18.7 Å². The maximum atomic E-state index is 11.9. The van der Waals surface area contributed by atoms with Crippen LogP contribution in [0.2, 0.25) is 5.02 Å². The molecule has 0 aliphatic carbocycles. The Bertz CT molecular complexity index is 365. The number of halogens is 1. The zero-order chi connectivity index (χ0) is 12.7. The highest BCUT2D eigenvalue weighted by Gasteiger charge is 2.14. The van der Waals surface area contributed by atoms with Crippen LogP contribution in [0.25, 0.3) is 0 Å². The Morgan fingerprint density at radius 3 is 2.29 bits per heavy atom. The predicted octanol–water partition coefficient (Wildman–Crippen LogP) is 0.809. The van der Waals surface area contributed by atoms with Gasteiger partial charge in [-0.1, -0.05) is 23.7 Å². The van der Waals surface area contributed by atoms with Crippen molar-refractivity contribution in [2.45, 2.75) is 0 Å². The van der Waals surface area contributed by atoms with Crippen molar-refractivity contribution in [3.05, 3.63) is 34.9 Å². The Kier molecular flexibility index (Phi) is 6.15. The first-order valence-electron chi connectivity index (χ1n) is 5.41. The molecule has 1 rings (SSSR count). The van der Waals surface area contributed by atoms with E-state index in [9.17, 15) is 4.79 Å². The molecule has 0 amide bonds. The molecule has 4 nitrogen and oxygen atoms in total. The van der Waals surface area contributed by atoms with Gasteiger partial charge in [0.05, 0.1) is 24.8 Å². The molecule has 94 valence electrons. The highest BCUT2D eigenvalue weighted by Crippen LogP contribution is 2.15. The average molecular weight is 258 g/mol. The molecule has 5 heteroatoms. The lowest BCUT2D eigenvalue weighted by molar-refractivity contribution is 0.0894. The van der Waals surface area contributed by atoms with Gasteiger partial charge in [-0.2, -0.15) is 0 Å². The van der Waals surface area contributed by atoms with Gasteiger partial charge in [-0.05, 0) is 12.1 Å². The van der Waals surface area contributed by atoms with Crippen LogP contribution < -0.4 is 0 Å². The topological polar surface area (TPSA) is 60.8 Å². The molecule has 0 saturated carbocycles. The SMILES string of the molecule is O=C(CN(CCO)CCO)c1ccccc1Cl. The summed E-state index contributed by atoms with van der Waals surface area (Å²) in [5.41, 5.74) is 0.468. The maximum Gasteiger partial charge on any atom is 0.178 e. The fourth-order valence-corrected chi connectivity index (χ4v) is 1.77. The standard InChI is InChI=1S/C12H16ClNO3/c13-11-4-2-1-3-10(11)12(17)9-14(5-7-15)6-8-16/h1-4,15-16H,5-9H2. The highest BCUT2D eigenvalue weighted by molar-refractivity contribution is 6.34.